The minimum atomic E-state index is -0.222. The van der Waals surface area contributed by atoms with E-state index in [4.69, 9.17) is 0 Å². The van der Waals surface area contributed by atoms with Gasteiger partial charge in [0.05, 0.1) is 11.7 Å². The van der Waals surface area contributed by atoms with Crippen molar-refractivity contribution in [2.24, 2.45) is 0 Å². The molecule has 1 N–H and O–H groups in total. The smallest absolute Gasteiger partial charge is 0.149 e. The number of rotatable bonds is 1. The van der Waals surface area contributed by atoms with Crippen LogP contribution in [0.2, 0.25) is 0 Å². The number of hydrogen-bond donors (Lipinski definition) is 1. The van der Waals surface area contributed by atoms with Crippen LogP contribution in [0, 0.1) is 5.82 Å². The molecule has 0 amide bonds. The fourth-order valence-electron chi connectivity index (χ4n) is 1.72. The van der Waals surface area contributed by atoms with Gasteiger partial charge in [-0.25, -0.2) is 4.39 Å². The van der Waals surface area contributed by atoms with Gasteiger partial charge in [0.15, 0.2) is 0 Å². The summed E-state index contributed by atoms with van der Waals surface area (Å²) in [5.74, 6) is 0.537. The van der Waals surface area contributed by atoms with Gasteiger partial charge in [0.25, 0.3) is 0 Å². The van der Waals surface area contributed by atoms with Gasteiger partial charge in [-0.15, -0.1) is 0 Å². The Labute approximate surface area is 85.2 Å². The molecule has 0 atom stereocenters. The highest BCUT2D eigenvalue weighted by Crippen LogP contribution is 2.22. The van der Waals surface area contributed by atoms with Crippen LogP contribution in [0.4, 0.5) is 4.39 Å². The largest absolute Gasteiger partial charge is 0.299 e. The maximum absolute atomic E-state index is 13.5. The molecule has 0 saturated heterocycles. The number of H-pyrrole nitrogens is 1. The minimum absolute atomic E-state index is 0.222. The molecule has 0 fully saturated rings. The fourth-order valence-corrected chi connectivity index (χ4v) is 1.72. The third kappa shape index (κ3) is 1.15. The molecule has 3 nitrogen and oxygen atoms in total. The molecule has 74 valence electrons. The number of para-hydroxylation sites is 1. The molecule has 0 bridgehead atoms. The van der Waals surface area contributed by atoms with Gasteiger partial charge in [-0.3, -0.25) is 9.67 Å². The summed E-state index contributed by atoms with van der Waals surface area (Å²) in [5.41, 5.74) is 0.833. The summed E-state index contributed by atoms with van der Waals surface area (Å²) < 4.78 is 15.3. The lowest BCUT2D eigenvalue weighted by Crippen LogP contribution is -1.91. The van der Waals surface area contributed by atoms with Gasteiger partial charge in [0, 0.05) is 17.6 Å². The first-order valence-electron chi connectivity index (χ1n) is 4.61. The van der Waals surface area contributed by atoms with Crippen molar-refractivity contribution in [3.05, 3.63) is 48.5 Å². The summed E-state index contributed by atoms with van der Waals surface area (Å²) in [6.07, 6.45) is 3.10. The molecule has 3 aromatic rings. The van der Waals surface area contributed by atoms with Crippen LogP contribution in [0.25, 0.3) is 16.7 Å². The molecule has 0 unspecified atom stereocenters. The Morgan fingerprint density at radius 3 is 2.87 bits per heavy atom. The molecule has 15 heavy (non-hydrogen) atoms. The molecule has 3 rings (SSSR count). The Kier molecular flexibility index (Phi) is 1.62. The van der Waals surface area contributed by atoms with E-state index in [1.807, 2.05) is 18.2 Å². The Balaban J connectivity index is 2.37. The highest BCUT2D eigenvalue weighted by Gasteiger charge is 2.08. The van der Waals surface area contributed by atoms with Crippen molar-refractivity contribution in [1.29, 1.82) is 0 Å². The first-order chi connectivity index (χ1) is 7.36. The van der Waals surface area contributed by atoms with E-state index in [2.05, 4.69) is 10.2 Å². The second-order valence-corrected chi connectivity index (χ2v) is 3.31. The summed E-state index contributed by atoms with van der Waals surface area (Å²) in [4.78, 5) is 0. The first kappa shape index (κ1) is 8.23. The summed E-state index contributed by atoms with van der Waals surface area (Å²) in [6.45, 7) is 0. The lowest BCUT2D eigenvalue weighted by atomic mass is 10.2. The van der Waals surface area contributed by atoms with Gasteiger partial charge < -0.3 is 0 Å². The van der Waals surface area contributed by atoms with Crippen LogP contribution in [0.15, 0.2) is 42.7 Å². The Hall–Kier alpha value is -2.10. The molecule has 0 saturated carbocycles. The van der Waals surface area contributed by atoms with Crippen molar-refractivity contribution in [2.75, 3.05) is 0 Å². The number of aromatic amines is 1. The lowest BCUT2D eigenvalue weighted by Gasteiger charge is -1.99. The maximum Gasteiger partial charge on any atom is 0.149 e. The third-order valence-corrected chi connectivity index (χ3v) is 2.41. The van der Waals surface area contributed by atoms with Crippen LogP contribution in [-0.4, -0.2) is 14.8 Å². The molecule has 0 spiro atoms. The zero-order chi connectivity index (χ0) is 10.3. The van der Waals surface area contributed by atoms with Gasteiger partial charge in [0.2, 0.25) is 0 Å². The first-order valence-corrected chi connectivity index (χ1v) is 4.61. The van der Waals surface area contributed by atoms with E-state index >= 15 is 0 Å². The number of benzene rings is 1. The summed E-state index contributed by atoms with van der Waals surface area (Å²) in [5, 5.41) is 7.27. The second-order valence-electron chi connectivity index (χ2n) is 3.31. The SMILES string of the molecule is Fc1cn(-c2ccn[nH]2)c2ccccc12. The predicted octanol–water partition coefficient (Wildman–Crippen LogP) is 2.49. The molecule has 2 heterocycles. The van der Waals surface area contributed by atoms with Gasteiger partial charge in [-0.1, -0.05) is 12.1 Å². The molecule has 0 aliphatic rings. The zero-order valence-corrected chi connectivity index (χ0v) is 7.81. The van der Waals surface area contributed by atoms with Crippen LogP contribution in [0.5, 0.6) is 0 Å². The molecular formula is C11H8FN3. The van der Waals surface area contributed by atoms with Crippen LogP contribution in [0.3, 0.4) is 0 Å². The van der Waals surface area contributed by atoms with Crippen LogP contribution < -0.4 is 0 Å². The van der Waals surface area contributed by atoms with E-state index < -0.39 is 0 Å². The normalized spacial score (nSPS) is 11.0. The monoisotopic (exact) mass is 201 g/mol. The molecule has 0 aliphatic heterocycles. The van der Waals surface area contributed by atoms with E-state index in [9.17, 15) is 4.39 Å². The standard InChI is InChI=1S/C11H8FN3/c12-9-7-15(11-5-6-13-14-11)10-4-2-1-3-8(9)10/h1-7H,(H,13,14). The molecule has 2 aromatic heterocycles. The number of halogens is 1. The Bertz CT molecular complexity index is 595. The topological polar surface area (TPSA) is 33.6 Å². The predicted molar refractivity (Wildman–Crippen MR) is 55.4 cm³/mol. The van der Waals surface area contributed by atoms with Crippen molar-refractivity contribution >= 4 is 10.9 Å². The lowest BCUT2D eigenvalue weighted by molar-refractivity contribution is 0.636. The molecule has 1 aromatic carbocycles. The second kappa shape index (κ2) is 2.95. The number of nitrogens with one attached hydrogen (secondary N) is 1. The van der Waals surface area contributed by atoms with Crippen LogP contribution in [-0.2, 0) is 0 Å². The quantitative estimate of drug-likeness (QED) is 0.644. The maximum atomic E-state index is 13.5. The van der Waals surface area contributed by atoms with Crippen molar-refractivity contribution in [3.63, 3.8) is 0 Å². The van der Waals surface area contributed by atoms with Crippen molar-refractivity contribution in [1.82, 2.24) is 14.8 Å². The number of aromatic nitrogens is 3. The van der Waals surface area contributed by atoms with Crippen molar-refractivity contribution < 1.29 is 4.39 Å². The molecule has 0 radical (unpaired) electrons. The Morgan fingerprint density at radius 1 is 1.20 bits per heavy atom. The number of fused-ring (bicyclic) bond motifs is 1. The van der Waals surface area contributed by atoms with Gasteiger partial charge in [-0.2, -0.15) is 5.10 Å². The molecular weight excluding hydrogens is 193 g/mol. The summed E-state index contributed by atoms with van der Waals surface area (Å²) >= 11 is 0. The van der Waals surface area contributed by atoms with Gasteiger partial charge >= 0.3 is 0 Å². The fraction of sp³-hybridized carbons (Fsp3) is 0. The highest BCUT2D eigenvalue weighted by atomic mass is 19.1. The van der Waals surface area contributed by atoms with Crippen LogP contribution in [0.1, 0.15) is 0 Å². The van der Waals surface area contributed by atoms with E-state index in [-0.39, 0.29) is 5.82 Å². The van der Waals surface area contributed by atoms with E-state index in [0.717, 1.165) is 11.3 Å². The molecule has 4 heteroatoms. The van der Waals surface area contributed by atoms with Crippen molar-refractivity contribution in [3.8, 4) is 5.82 Å². The zero-order valence-electron chi connectivity index (χ0n) is 7.81. The average Bonchev–Trinajstić information content (AvgIpc) is 2.87. The van der Waals surface area contributed by atoms with E-state index in [1.165, 1.54) is 6.20 Å². The number of hydrogen-bond acceptors (Lipinski definition) is 1. The molecule has 0 aliphatic carbocycles. The van der Waals surface area contributed by atoms with Gasteiger partial charge in [0.1, 0.15) is 11.6 Å². The van der Waals surface area contributed by atoms with Crippen LogP contribution >= 0.6 is 0 Å². The van der Waals surface area contributed by atoms with E-state index in [1.54, 1.807) is 22.9 Å². The third-order valence-electron chi connectivity index (χ3n) is 2.41. The highest BCUT2D eigenvalue weighted by molar-refractivity contribution is 5.82. The van der Waals surface area contributed by atoms with E-state index in [0.29, 0.717) is 5.39 Å². The summed E-state index contributed by atoms with van der Waals surface area (Å²) in [6, 6.07) is 9.14. The number of nitrogens with zero attached hydrogens (tertiary/aromatic N) is 2. The Morgan fingerprint density at radius 2 is 2.07 bits per heavy atom. The summed E-state index contributed by atoms with van der Waals surface area (Å²) in [7, 11) is 0. The van der Waals surface area contributed by atoms with Crippen molar-refractivity contribution in [2.45, 2.75) is 0 Å². The minimum Gasteiger partial charge on any atom is -0.299 e. The average molecular weight is 201 g/mol. The van der Waals surface area contributed by atoms with Gasteiger partial charge in [-0.05, 0) is 12.1 Å².